The first-order valence-electron chi connectivity index (χ1n) is 6.81. The van der Waals surface area contributed by atoms with Crippen LogP contribution in [0.1, 0.15) is 31.1 Å². The van der Waals surface area contributed by atoms with Crippen LogP contribution in [0.15, 0.2) is 30.3 Å². The number of ether oxygens (including phenoxy) is 1. The summed E-state index contributed by atoms with van der Waals surface area (Å²) in [5, 5.41) is 0. The van der Waals surface area contributed by atoms with Crippen molar-refractivity contribution in [1.29, 1.82) is 0 Å². The van der Waals surface area contributed by atoms with Crippen molar-refractivity contribution in [2.75, 3.05) is 26.1 Å². The summed E-state index contributed by atoms with van der Waals surface area (Å²) in [5.74, 6) is -0.401. The zero-order valence-corrected chi connectivity index (χ0v) is 13.3. The molecule has 0 N–H and O–H groups in total. The summed E-state index contributed by atoms with van der Waals surface area (Å²) in [6.07, 6.45) is 0.0241. The highest BCUT2D eigenvalue weighted by atomic mass is 28.4. The normalized spacial score (nSPS) is 11.3. The predicted octanol–water partition coefficient (Wildman–Crippen LogP) is 2.43. The van der Waals surface area contributed by atoms with Crippen molar-refractivity contribution in [3.05, 3.63) is 35.9 Å². The molecule has 0 heterocycles. The second-order valence-electron chi connectivity index (χ2n) is 3.92. The third-order valence-corrected chi connectivity index (χ3v) is 5.17. The molecule has 0 radical (unpaired) electrons. The molecule has 0 saturated heterocycles. The van der Waals surface area contributed by atoms with E-state index < -0.39 is 14.8 Å². The number of carbonyl (C=O) groups excluding carboxylic acids is 1. The van der Waals surface area contributed by atoms with Crippen molar-refractivity contribution in [3.63, 3.8) is 0 Å². The number of esters is 1. The smallest absolute Gasteiger partial charge is 0.457 e. The summed E-state index contributed by atoms with van der Waals surface area (Å²) < 4.78 is 22.1. The zero-order chi connectivity index (χ0) is 14.8. The molecule has 1 aromatic carbocycles. The SMILES string of the molecule is CCO[Si](COC(=O)c1ccccc1)(OCC)OCC. The molecule has 0 aliphatic rings. The van der Waals surface area contributed by atoms with Gasteiger partial charge in [-0.15, -0.1) is 0 Å². The fraction of sp³-hybridized carbons (Fsp3) is 0.500. The Bertz CT molecular complexity index is 379. The second kappa shape index (κ2) is 8.86. The van der Waals surface area contributed by atoms with E-state index in [1.165, 1.54) is 0 Å². The van der Waals surface area contributed by atoms with Crippen molar-refractivity contribution in [2.24, 2.45) is 0 Å². The monoisotopic (exact) mass is 298 g/mol. The van der Waals surface area contributed by atoms with Crippen LogP contribution in [-0.2, 0) is 18.0 Å². The highest BCUT2D eigenvalue weighted by Crippen LogP contribution is 2.12. The Hall–Kier alpha value is -1.21. The lowest BCUT2D eigenvalue weighted by atomic mass is 10.2. The van der Waals surface area contributed by atoms with E-state index in [4.69, 9.17) is 18.0 Å². The van der Waals surface area contributed by atoms with Gasteiger partial charge < -0.3 is 18.0 Å². The van der Waals surface area contributed by atoms with Gasteiger partial charge in [-0.2, -0.15) is 0 Å². The average Bonchev–Trinajstić information content (AvgIpc) is 2.46. The number of hydrogen-bond acceptors (Lipinski definition) is 5. The molecule has 0 amide bonds. The quantitative estimate of drug-likeness (QED) is 0.518. The lowest BCUT2D eigenvalue weighted by molar-refractivity contribution is 0.0247. The molecule has 112 valence electrons. The molecule has 0 atom stereocenters. The molecule has 0 fully saturated rings. The molecule has 0 saturated carbocycles. The Balaban J connectivity index is 2.67. The lowest BCUT2D eigenvalue weighted by Gasteiger charge is -2.27. The van der Waals surface area contributed by atoms with Gasteiger partial charge in [-0.05, 0) is 32.9 Å². The van der Waals surface area contributed by atoms with Gasteiger partial charge in [-0.1, -0.05) is 18.2 Å². The molecule has 0 aromatic heterocycles. The maximum atomic E-state index is 11.9. The first-order valence-corrected chi connectivity index (χ1v) is 8.74. The first kappa shape index (κ1) is 16.8. The Kier molecular flexibility index (Phi) is 7.46. The summed E-state index contributed by atoms with van der Waals surface area (Å²) in [7, 11) is -2.93. The molecule has 6 heteroatoms. The van der Waals surface area contributed by atoms with Crippen LogP contribution in [0.2, 0.25) is 0 Å². The predicted molar refractivity (Wildman–Crippen MR) is 77.4 cm³/mol. The van der Waals surface area contributed by atoms with Crippen LogP contribution in [-0.4, -0.2) is 40.8 Å². The molecule has 0 bridgehead atoms. The van der Waals surface area contributed by atoms with Gasteiger partial charge in [0.25, 0.3) is 0 Å². The Morgan fingerprint density at radius 1 is 0.950 bits per heavy atom. The van der Waals surface area contributed by atoms with E-state index in [1.807, 2.05) is 26.8 Å². The van der Waals surface area contributed by atoms with Crippen LogP contribution in [0.3, 0.4) is 0 Å². The van der Waals surface area contributed by atoms with E-state index in [9.17, 15) is 4.79 Å². The van der Waals surface area contributed by atoms with Crippen molar-refractivity contribution in [1.82, 2.24) is 0 Å². The van der Waals surface area contributed by atoms with E-state index in [1.54, 1.807) is 24.3 Å². The summed E-state index contributed by atoms with van der Waals surface area (Å²) in [6.45, 7) is 6.94. The van der Waals surface area contributed by atoms with Gasteiger partial charge in [0, 0.05) is 19.8 Å². The van der Waals surface area contributed by atoms with E-state index in [-0.39, 0.29) is 6.23 Å². The van der Waals surface area contributed by atoms with Gasteiger partial charge in [-0.3, -0.25) is 0 Å². The zero-order valence-electron chi connectivity index (χ0n) is 12.3. The summed E-state index contributed by atoms with van der Waals surface area (Å²) in [5.41, 5.74) is 0.500. The van der Waals surface area contributed by atoms with Crippen molar-refractivity contribution < 1.29 is 22.8 Å². The minimum Gasteiger partial charge on any atom is -0.457 e. The van der Waals surface area contributed by atoms with Crippen LogP contribution in [0.4, 0.5) is 0 Å². The molecule has 1 rings (SSSR count). The number of rotatable bonds is 9. The van der Waals surface area contributed by atoms with Crippen molar-refractivity contribution in [3.8, 4) is 0 Å². The summed E-state index contributed by atoms with van der Waals surface area (Å²) >= 11 is 0. The highest BCUT2D eigenvalue weighted by Gasteiger charge is 2.42. The molecule has 0 aliphatic heterocycles. The van der Waals surface area contributed by atoms with Crippen LogP contribution in [0.5, 0.6) is 0 Å². The summed E-state index contributed by atoms with van der Waals surface area (Å²) in [6, 6.07) is 8.82. The van der Waals surface area contributed by atoms with Crippen LogP contribution >= 0.6 is 0 Å². The maximum absolute atomic E-state index is 11.9. The standard InChI is InChI=1S/C14H22O5Si/c1-4-17-20(18-5-2,19-6-3)12-16-14(15)13-10-8-7-9-11-13/h7-11H,4-6,12H2,1-3H3. The fourth-order valence-electron chi connectivity index (χ4n) is 1.72. The molecule has 0 aliphatic carbocycles. The Morgan fingerprint density at radius 3 is 1.90 bits per heavy atom. The Labute approximate surface area is 121 Å². The van der Waals surface area contributed by atoms with Gasteiger partial charge in [-0.25, -0.2) is 4.79 Å². The largest absolute Gasteiger partial charge is 0.540 e. The molecular formula is C14H22O5Si. The molecule has 0 unspecified atom stereocenters. The number of hydrogen-bond donors (Lipinski definition) is 0. The van der Waals surface area contributed by atoms with Crippen LogP contribution in [0.25, 0.3) is 0 Å². The third-order valence-electron chi connectivity index (χ3n) is 2.48. The van der Waals surface area contributed by atoms with Gasteiger partial charge in [0.15, 0.2) is 6.23 Å². The van der Waals surface area contributed by atoms with Gasteiger partial charge in [0.05, 0.1) is 5.56 Å². The lowest BCUT2D eigenvalue weighted by Crippen LogP contribution is -2.51. The highest BCUT2D eigenvalue weighted by molar-refractivity contribution is 6.60. The topological polar surface area (TPSA) is 54.0 Å². The number of benzene rings is 1. The molecule has 1 aromatic rings. The van der Waals surface area contributed by atoms with E-state index in [0.717, 1.165) is 0 Å². The number of carbonyl (C=O) groups is 1. The van der Waals surface area contributed by atoms with Crippen molar-refractivity contribution in [2.45, 2.75) is 20.8 Å². The van der Waals surface area contributed by atoms with Gasteiger partial charge in [0.2, 0.25) is 0 Å². The average molecular weight is 298 g/mol. The maximum Gasteiger partial charge on any atom is 0.540 e. The molecule has 5 nitrogen and oxygen atoms in total. The van der Waals surface area contributed by atoms with Crippen LogP contribution in [0, 0.1) is 0 Å². The van der Waals surface area contributed by atoms with Crippen molar-refractivity contribution >= 4 is 14.8 Å². The summed E-state index contributed by atoms with van der Waals surface area (Å²) in [4.78, 5) is 11.9. The van der Waals surface area contributed by atoms with E-state index >= 15 is 0 Å². The van der Waals surface area contributed by atoms with Gasteiger partial charge >= 0.3 is 14.8 Å². The molecule has 20 heavy (non-hydrogen) atoms. The molecule has 0 spiro atoms. The fourth-order valence-corrected chi connectivity index (χ4v) is 3.85. The van der Waals surface area contributed by atoms with Crippen LogP contribution < -0.4 is 0 Å². The third kappa shape index (κ3) is 5.05. The van der Waals surface area contributed by atoms with E-state index in [2.05, 4.69) is 0 Å². The second-order valence-corrected chi connectivity index (χ2v) is 6.44. The minimum absolute atomic E-state index is 0.0241. The Morgan fingerprint density at radius 2 is 1.45 bits per heavy atom. The minimum atomic E-state index is -2.93. The van der Waals surface area contributed by atoms with E-state index in [0.29, 0.717) is 25.4 Å². The first-order chi connectivity index (χ1) is 9.67. The van der Waals surface area contributed by atoms with Gasteiger partial charge in [0.1, 0.15) is 0 Å². The molecular weight excluding hydrogens is 276 g/mol.